The van der Waals surface area contributed by atoms with Crippen LogP contribution in [0.4, 0.5) is 0 Å². The highest BCUT2D eigenvalue weighted by Gasteiger charge is 2.29. The summed E-state index contributed by atoms with van der Waals surface area (Å²) < 4.78 is 33.1. The van der Waals surface area contributed by atoms with Gasteiger partial charge in [-0.3, -0.25) is 9.69 Å². The van der Waals surface area contributed by atoms with Gasteiger partial charge in [-0.15, -0.1) is 0 Å². The van der Waals surface area contributed by atoms with Crippen molar-refractivity contribution in [3.05, 3.63) is 53.5 Å². The number of benzene rings is 1. The van der Waals surface area contributed by atoms with Crippen molar-refractivity contribution in [2.45, 2.75) is 50.1 Å². The topological polar surface area (TPSA) is 82.9 Å². The van der Waals surface area contributed by atoms with Crippen molar-refractivity contribution in [2.75, 3.05) is 26.2 Å². The Labute approximate surface area is 178 Å². The van der Waals surface area contributed by atoms with Crippen molar-refractivity contribution < 1.29 is 17.6 Å². The number of carbonyl (C=O) groups excluding carboxylic acids is 1. The summed E-state index contributed by atoms with van der Waals surface area (Å²) in [6.45, 7) is 5.05. The first-order valence-corrected chi connectivity index (χ1v) is 12.1. The lowest BCUT2D eigenvalue weighted by Crippen LogP contribution is -2.51. The van der Waals surface area contributed by atoms with E-state index in [0.717, 1.165) is 18.7 Å². The van der Waals surface area contributed by atoms with Gasteiger partial charge in [0.05, 0.1) is 17.7 Å². The van der Waals surface area contributed by atoms with Crippen LogP contribution in [0.2, 0.25) is 0 Å². The first-order valence-electron chi connectivity index (χ1n) is 10.6. The second-order valence-electron chi connectivity index (χ2n) is 8.15. The molecule has 1 amide bonds. The largest absolute Gasteiger partial charge is 0.468 e. The maximum atomic E-state index is 13.1. The second kappa shape index (κ2) is 8.91. The van der Waals surface area contributed by atoms with E-state index in [2.05, 4.69) is 9.62 Å². The third kappa shape index (κ3) is 4.61. The molecule has 1 aromatic heterocycles. The van der Waals surface area contributed by atoms with Crippen molar-refractivity contribution in [3.8, 4) is 0 Å². The molecule has 30 heavy (non-hydrogen) atoms. The molecule has 0 radical (unpaired) electrons. The molecule has 0 unspecified atom stereocenters. The summed E-state index contributed by atoms with van der Waals surface area (Å²) in [6.07, 6.45) is 6.63. The van der Waals surface area contributed by atoms with Crippen molar-refractivity contribution in [3.63, 3.8) is 0 Å². The summed E-state index contributed by atoms with van der Waals surface area (Å²) in [5.74, 6) is 0.434. The average molecular weight is 432 g/mol. The van der Waals surface area contributed by atoms with Gasteiger partial charge in [0.2, 0.25) is 10.0 Å². The van der Waals surface area contributed by atoms with Gasteiger partial charge < -0.3 is 9.32 Å². The number of nitrogens with one attached hydrogen (secondary N) is 1. The first-order chi connectivity index (χ1) is 14.4. The Morgan fingerprint density at radius 1 is 1.13 bits per heavy atom. The van der Waals surface area contributed by atoms with E-state index in [1.807, 2.05) is 11.8 Å². The van der Waals surface area contributed by atoms with Crippen LogP contribution in [0.5, 0.6) is 0 Å². The first kappa shape index (κ1) is 21.1. The lowest BCUT2D eigenvalue weighted by atomic mass is 10.1. The molecule has 1 aliphatic carbocycles. The molecular weight excluding hydrogens is 402 g/mol. The Hall–Kier alpha value is -2.16. The summed E-state index contributed by atoms with van der Waals surface area (Å²) in [7, 11) is -3.75. The minimum atomic E-state index is -3.75. The van der Waals surface area contributed by atoms with Crippen LogP contribution in [0.15, 0.2) is 45.9 Å². The molecular formula is C22H29N3O4S. The van der Waals surface area contributed by atoms with Gasteiger partial charge >= 0.3 is 0 Å². The highest BCUT2D eigenvalue weighted by molar-refractivity contribution is 7.89. The SMILES string of the molecule is Cc1ccc(S(=O)(=O)NCc2ccco2)cc1C(=O)N1CCN(C2CCCC2)CC1. The van der Waals surface area contributed by atoms with E-state index in [9.17, 15) is 13.2 Å². The normalized spacial score (nSPS) is 18.8. The summed E-state index contributed by atoms with van der Waals surface area (Å²) in [5, 5.41) is 0. The number of hydrogen-bond acceptors (Lipinski definition) is 5. The minimum absolute atomic E-state index is 0.0651. The van der Waals surface area contributed by atoms with Gasteiger partial charge in [-0.1, -0.05) is 18.9 Å². The molecule has 2 heterocycles. The molecule has 0 bridgehead atoms. The maximum Gasteiger partial charge on any atom is 0.254 e. The summed E-state index contributed by atoms with van der Waals surface area (Å²) in [5.41, 5.74) is 1.23. The van der Waals surface area contributed by atoms with Gasteiger partial charge in [0.25, 0.3) is 5.91 Å². The van der Waals surface area contributed by atoms with Gasteiger partial charge in [-0.25, -0.2) is 13.1 Å². The van der Waals surface area contributed by atoms with Crippen LogP contribution >= 0.6 is 0 Å². The standard InChI is InChI=1S/C22H29N3O4S/c1-17-8-9-20(30(27,28)23-16-19-7-4-14-29-19)15-21(17)22(26)25-12-10-24(11-13-25)18-5-2-3-6-18/h4,7-9,14-15,18,23H,2-3,5-6,10-13,16H2,1H3. The van der Waals surface area contributed by atoms with Crippen LogP contribution in [-0.4, -0.2) is 56.3 Å². The fourth-order valence-corrected chi connectivity index (χ4v) is 5.41. The second-order valence-corrected chi connectivity index (χ2v) is 9.91. The molecule has 1 aromatic carbocycles. The van der Waals surface area contributed by atoms with Crippen LogP contribution in [0.3, 0.4) is 0 Å². The zero-order valence-corrected chi connectivity index (χ0v) is 18.2. The molecule has 2 aliphatic rings. The number of carbonyl (C=O) groups is 1. The van der Waals surface area contributed by atoms with Crippen LogP contribution in [0, 0.1) is 6.92 Å². The molecule has 1 saturated heterocycles. The monoisotopic (exact) mass is 431 g/mol. The number of furan rings is 1. The van der Waals surface area contributed by atoms with Crippen LogP contribution < -0.4 is 4.72 Å². The zero-order chi connectivity index (χ0) is 21.1. The molecule has 0 spiro atoms. The Morgan fingerprint density at radius 3 is 2.53 bits per heavy atom. The predicted molar refractivity (Wildman–Crippen MR) is 114 cm³/mol. The van der Waals surface area contributed by atoms with E-state index < -0.39 is 10.0 Å². The average Bonchev–Trinajstić information content (AvgIpc) is 3.46. The van der Waals surface area contributed by atoms with E-state index in [1.54, 1.807) is 18.2 Å². The van der Waals surface area contributed by atoms with Gasteiger partial charge in [-0.2, -0.15) is 0 Å². The van der Waals surface area contributed by atoms with E-state index in [-0.39, 0.29) is 17.3 Å². The third-order valence-electron chi connectivity index (χ3n) is 6.21. The van der Waals surface area contributed by atoms with Gasteiger partial charge in [-0.05, 0) is 49.6 Å². The van der Waals surface area contributed by atoms with Crippen LogP contribution in [0.25, 0.3) is 0 Å². The number of aryl methyl sites for hydroxylation is 1. The van der Waals surface area contributed by atoms with Crippen LogP contribution in [-0.2, 0) is 16.6 Å². The van der Waals surface area contributed by atoms with Crippen molar-refractivity contribution in [2.24, 2.45) is 0 Å². The Morgan fingerprint density at radius 2 is 1.87 bits per heavy atom. The Balaban J connectivity index is 1.44. The smallest absolute Gasteiger partial charge is 0.254 e. The van der Waals surface area contributed by atoms with E-state index >= 15 is 0 Å². The van der Waals surface area contributed by atoms with Crippen molar-refractivity contribution in [1.29, 1.82) is 0 Å². The predicted octanol–water partition coefficient (Wildman–Crippen LogP) is 2.77. The summed E-state index contributed by atoms with van der Waals surface area (Å²) >= 11 is 0. The molecule has 162 valence electrons. The molecule has 4 rings (SSSR count). The highest BCUT2D eigenvalue weighted by Crippen LogP contribution is 2.25. The van der Waals surface area contributed by atoms with Gasteiger partial charge in [0.15, 0.2) is 0 Å². The number of rotatable bonds is 6. The number of sulfonamides is 1. The molecule has 0 atom stereocenters. The van der Waals surface area contributed by atoms with E-state index in [1.165, 1.54) is 44.1 Å². The third-order valence-corrected chi connectivity index (χ3v) is 7.61. The molecule has 8 heteroatoms. The number of hydrogen-bond donors (Lipinski definition) is 1. The lowest BCUT2D eigenvalue weighted by Gasteiger charge is -2.38. The lowest BCUT2D eigenvalue weighted by molar-refractivity contribution is 0.0572. The zero-order valence-electron chi connectivity index (χ0n) is 17.3. The van der Waals surface area contributed by atoms with Gasteiger partial charge in [0.1, 0.15) is 5.76 Å². The van der Waals surface area contributed by atoms with Crippen LogP contribution in [0.1, 0.15) is 47.4 Å². The minimum Gasteiger partial charge on any atom is -0.468 e. The molecule has 1 N–H and O–H groups in total. The Kier molecular flexibility index (Phi) is 6.26. The molecule has 7 nitrogen and oxygen atoms in total. The molecule has 1 saturated carbocycles. The van der Waals surface area contributed by atoms with E-state index in [4.69, 9.17) is 4.42 Å². The van der Waals surface area contributed by atoms with E-state index in [0.29, 0.717) is 30.5 Å². The number of amides is 1. The molecule has 2 aromatic rings. The summed E-state index contributed by atoms with van der Waals surface area (Å²) in [6, 6.07) is 8.80. The summed E-state index contributed by atoms with van der Waals surface area (Å²) in [4.78, 5) is 17.6. The number of nitrogens with zero attached hydrogens (tertiary/aromatic N) is 2. The molecule has 1 aliphatic heterocycles. The quantitative estimate of drug-likeness (QED) is 0.761. The number of piperazine rings is 1. The van der Waals surface area contributed by atoms with Crippen molar-refractivity contribution in [1.82, 2.24) is 14.5 Å². The fourth-order valence-electron chi connectivity index (χ4n) is 4.39. The van der Waals surface area contributed by atoms with Gasteiger partial charge in [0, 0.05) is 37.8 Å². The molecule has 2 fully saturated rings. The highest BCUT2D eigenvalue weighted by atomic mass is 32.2. The Bertz CT molecular complexity index is 974. The fraction of sp³-hybridized carbons (Fsp3) is 0.500. The maximum absolute atomic E-state index is 13.1. The van der Waals surface area contributed by atoms with Crippen molar-refractivity contribution >= 4 is 15.9 Å².